The Labute approximate surface area is 178 Å². The van der Waals surface area contributed by atoms with Gasteiger partial charge in [-0.25, -0.2) is 4.99 Å². The number of hydrogen-bond donors (Lipinski definition) is 0. The molecule has 1 aliphatic rings. The summed E-state index contributed by atoms with van der Waals surface area (Å²) in [7, 11) is 1.61. The zero-order valence-corrected chi connectivity index (χ0v) is 17.7. The van der Waals surface area contributed by atoms with Crippen molar-refractivity contribution in [1.82, 2.24) is 0 Å². The summed E-state index contributed by atoms with van der Waals surface area (Å²) in [4.78, 5) is 19.8. The van der Waals surface area contributed by atoms with E-state index in [1.165, 1.54) is 0 Å². The number of carbonyl (C=O) groups excluding carboxylic acids is 1. The highest BCUT2D eigenvalue weighted by molar-refractivity contribution is 9.10. The Morgan fingerprint density at radius 3 is 2.38 bits per heavy atom. The number of nitrogens with zero attached hydrogens (tertiary/aromatic N) is 2. The second-order valence-corrected chi connectivity index (χ2v) is 7.52. The van der Waals surface area contributed by atoms with Crippen LogP contribution in [0.5, 0.6) is 5.75 Å². The number of aliphatic imine (C=N–C) groups is 1. The molecular formula is C24H19BrN2O2. The Bertz CT molecular complexity index is 1130. The highest BCUT2D eigenvalue weighted by atomic mass is 79.9. The largest absolute Gasteiger partial charge is 0.496 e. The van der Waals surface area contributed by atoms with Gasteiger partial charge >= 0.3 is 0 Å². The van der Waals surface area contributed by atoms with Crippen LogP contribution in [0.3, 0.4) is 0 Å². The van der Waals surface area contributed by atoms with Gasteiger partial charge in [-0.05, 0) is 37.3 Å². The van der Waals surface area contributed by atoms with Crippen LogP contribution >= 0.6 is 15.9 Å². The minimum Gasteiger partial charge on any atom is -0.496 e. The maximum Gasteiger partial charge on any atom is 0.282 e. The summed E-state index contributed by atoms with van der Waals surface area (Å²) in [5, 5.41) is 0. The molecule has 1 amide bonds. The van der Waals surface area contributed by atoms with Crippen molar-refractivity contribution < 1.29 is 9.53 Å². The van der Waals surface area contributed by atoms with Crippen molar-refractivity contribution in [2.75, 3.05) is 12.0 Å². The molecule has 0 aliphatic carbocycles. The third-order valence-corrected chi connectivity index (χ3v) is 5.39. The molecule has 1 heterocycles. The molecular weight excluding hydrogens is 428 g/mol. The molecule has 1 aliphatic heterocycles. The van der Waals surface area contributed by atoms with Gasteiger partial charge in [0.25, 0.3) is 5.91 Å². The summed E-state index contributed by atoms with van der Waals surface area (Å²) in [6.07, 6.45) is 1.77. The molecule has 0 radical (unpaired) electrons. The second kappa shape index (κ2) is 8.05. The zero-order chi connectivity index (χ0) is 20.4. The molecule has 0 aromatic heterocycles. The highest BCUT2D eigenvalue weighted by Crippen LogP contribution is 2.31. The number of aryl methyl sites for hydroxylation is 1. The van der Waals surface area contributed by atoms with Crippen LogP contribution in [0.25, 0.3) is 6.08 Å². The number of halogens is 1. The van der Waals surface area contributed by atoms with Crippen LogP contribution in [0.2, 0.25) is 0 Å². The summed E-state index contributed by atoms with van der Waals surface area (Å²) >= 11 is 3.59. The molecule has 0 atom stereocenters. The minimum atomic E-state index is -0.175. The number of amides is 1. The Morgan fingerprint density at radius 1 is 0.966 bits per heavy atom. The van der Waals surface area contributed by atoms with Gasteiger partial charge in [0.1, 0.15) is 17.3 Å². The van der Waals surface area contributed by atoms with Crippen LogP contribution in [-0.2, 0) is 4.79 Å². The number of methoxy groups -OCH3 is 1. The number of anilines is 1. The quantitative estimate of drug-likeness (QED) is 0.489. The van der Waals surface area contributed by atoms with Gasteiger partial charge in [0.05, 0.1) is 12.8 Å². The first-order valence-electron chi connectivity index (χ1n) is 9.18. The van der Waals surface area contributed by atoms with Gasteiger partial charge in [0.2, 0.25) is 0 Å². The monoisotopic (exact) mass is 446 g/mol. The van der Waals surface area contributed by atoms with Gasteiger partial charge < -0.3 is 4.74 Å². The molecule has 4 nitrogen and oxygen atoms in total. The normalized spacial score (nSPS) is 15.0. The van der Waals surface area contributed by atoms with E-state index in [1.54, 1.807) is 18.1 Å². The number of ether oxygens (including phenoxy) is 1. The number of benzene rings is 3. The smallest absolute Gasteiger partial charge is 0.282 e. The Morgan fingerprint density at radius 2 is 1.66 bits per heavy atom. The van der Waals surface area contributed by atoms with Gasteiger partial charge in [-0.1, -0.05) is 70.0 Å². The fourth-order valence-electron chi connectivity index (χ4n) is 3.21. The summed E-state index contributed by atoms with van der Waals surface area (Å²) in [6, 6.07) is 23.2. The van der Waals surface area contributed by atoms with E-state index in [1.807, 2.05) is 79.7 Å². The van der Waals surface area contributed by atoms with E-state index >= 15 is 0 Å². The minimum absolute atomic E-state index is 0.175. The lowest BCUT2D eigenvalue weighted by atomic mass is 10.1. The van der Waals surface area contributed by atoms with Crippen molar-refractivity contribution in [1.29, 1.82) is 0 Å². The van der Waals surface area contributed by atoms with E-state index in [0.29, 0.717) is 17.3 Å². The van der Waals surface area contributed by atoms with Crippen LogP contribution < -0.4 is 9.64 Å². The first-order valence-corrected chi connectivity index (χ1v) is 9.97. The average Bonchev–Trinajstić information content (AvgIpc) is 3.05. The van der Waals surface area contributed by atoms with E-state index in [0.717, 1.165) is 26.9 Å². The lowest BCUT2D eigenvalue weighted by Gasteiger charge is -2.19. The molecule has 4 rings (SSSR count). The van der Waals surface area contributed by atoms with Gasteiger partial charge in [-0.2, -0.15) is 0 Å². The summed E-state index contributed by atoms with van der Waals surface area (Å²) in [5.41, 5.74) is 3.92. The number of carbonyl (C=O) groups is 1. The topological polar surface area (TPSA) is 41.9 Å². The summed E-state index contributed by atoms with van der Waals surface area (Å²) in [6.45, 7) is 2.02. The number of para-hydroxylation sites is 1. The summed E-state index contributed by atoms with van der Waals surface area (Å²) < 4.78 is 6.30. The van der Waals surface area contributed by atoms with E-state index in [-0.39, 0.29) is 5.91 Å². The zero-order valence-electron chi connectivity index (χ0n) is 16.1. The summed E-state index contributed by atoms with van der Waals surface area (Å²) in [5.74, 6) is 1.11. The predicted molar refractivity (Wildman–Crippen MR) is 120 cm³/mol. The van der Waals surface area contributed by atoms with E-state index in [2.05, 4.69) is 15.9 Å². The molecule has 0 bridgehead atoms. The molecule has 29 heavy (non-hydrogen) atoms. The number of rotatable bonds is 4. The Balaban J connectivity index is 1.86. The van der Waals surface area contributed by atoms with Gasteiger partial charge in [-0.15, -0.1) is 0 Å². The fraction of sp³-hybridized carbons (Fsp3) is 0.0833. The van der Waals surface area contributed by atoms with Crippen LogP contribution in [0.15, 0.2) is 88.0 Å². The van der Waals surface area contributed by atoms with Crippen LogP contribution in [0, 0.1) is 6.92 Å². The average molecular weight is 447 g/mol. The number of hydrogen-bond acceptors (Lipinski definition) is 3. The molecule has 0 N–H and O–H groups in total. The molecule has 0 unspecified atom stereocenters. The van der Waals surface area contributed by atoms with Crippen LogP contribution in [0.4, 0.5) is 5.69 Å². The molecule has 0 saturated carbocycles. The van der Waals surface area contributed by atoms with E-state index in [4.69, 9.17) is 9.73 Å². The maximum atomic E-state index is 13.4. The molecule has 0 spiro atoms. The lowest BCUT2D eigenvalue weighted by molar-refractivity contribution is -0.113. The third-order valence-electron chi connectivity index (χ3n) is 4.70. The highest BCUT2D eigenvalue weighted by Gasteiger charge is 2.33. The van der Waals surface area contributed by atoms with Crippen molar-refractivity contribution in [3.05, 3.63) is 99.7 Å². The van der Waals surface area contributed by atoms with E-state index < -0.39 is 0 Å². The van der Waals surface area contributed by atoms with Gasteiger partial charge in [0.15, 0.2) is 0 Å². The molecule has 0 saturated heterocycles. The molecule has 3 aromatic rings. The first-order chi connectivity index (χ1) is 14.1. The molecule has 0 fully saturated rings. The van der Waals surface area contributed by atoms with Crippen molar-refractivity contribution >= 4 is 39.4 Å². The van der Waals surface area contributed by atoms with Crippen molar-refractivity contribution in [2.24, 2.45) is 4.99 Å². The third kappa shape index (κ3) is 3.74. The SMILES string of the molecule is COc1ccccc1/C=C1/N=C(c2ccccc2Br)N(c2ccc(C)cc2)C1=O. The van der Waals surface area contributed by atoms with E-state index in [9.17, 15) is 4.79 Å². The van der Waals surface area contributed by atoms with Gasteiger partial charge in [0, 0.05) is 15.6 Å². The first kappa shape index (κ1) is 19.2. The Kier molecular flexibility index (Phi) is 5.32. The second-order valence-electron chi connectivity index (χ2n) is 6.66. The molecule has 144 valence electrons. The van der Waals surface area contributed by atoms with Crippen molar-refractivity contribution in [2.45, 2.75) is 6.92 Å². The fourth-order valence-corrected chi connectivity index (χ4v) is 3.67. The van der Waals surface area contributed by atoms with Crippen molar-refractivity contribution in [3.8, 4) is 5.75 Å². The van der Waals surface area contributed by atoms with Gasteiger partial charge in [-0.3, -0.25) is 9.69 Å². The lowest BCUT2D eigenvalue weighted by Crippen LogP contribution is -2.32. The Hall–Kier alpha value is -3.18. The van der Waals surface area contributed by atoms with Crippen LogP contribution in [-0.4, -0.2) is 18.9 Å². The molecule has 5 heteroatoms. The van der Waals surface area contributed by atoms with Crippen LogP contribution in [0.1, 0.15) is 16.7 Å². The standard InChI is InChI=1S/C24H19BrN2O2/c1-16-11-13-18(14-12-16)27-23(19-8-4-5-9-20(19)25)26-21(24(27)28)15-17-7-3-6-10-22(17)29-2/h3-15H,1-2H3/b21-15+. The number of amidine groups is 1. The predicted octanol–water partition coefficient (Wildman–Crippen LogP) is 5.60. The maximum absolute atomic E-state index is 13.4. The molecule has 3 aromatic carbocycles. The van der Waals surface area contributed by atoms with Crippen molar-refractivity contribution in [3.63, 3.8) is 0 Å².